The molecule has 0 saturated carbocycles. The first-order chi connectivity index (χ1) is 4.88. The van der Waals surface area contributed by atoms with Gasteiger partial charge in [0.05, 0.1) is 6.21 Å². The minimum atomic E-state index is 0.803. The van der Waals surface area contributed by atoms with Gasteiger partial charge >= 0.3 is 0 Å². The van der Waals surface area contributed by atoms with Crippen LogP contribution in [0.25, 0.3) is 6.20 Å². The molecule has 0 radical (unpaired) electrons. The number of aromatic nitrogens is 2. The van der Waals surface area contributed by atoms with Gasteiger partial charge in [0.25, 0.3) is 0 Å². The lowest BCUT2D eigenvalue weighted by molar-refractivity contribution is 1.11. The van der Waals surface area contributed by atoms with Gasteiger partial charge in [-0.1, -0.05) is 6.58 Å². The Morgan fingerprint density at radius 1 is 1.80 bits per heavy atom. The molecule has 1 aromatic rings. The fourth-order valence-corrected chi connectivity index (χ4v) is 0.694. The Hall–Kier alpha value is -1.38. The SMILES string of the molecule is C=Cn1ccnc1C=NC. The molecular weight excluding hydrogens is 126 g/mol. The quantitative estimate of drug-likeness (QED) is 0.557. The molecule has 0 aliphatic carbocycles. The van der Waals surface area contributed by atoms with Crippen molar-refractivity contribution in [3.63, 3.8) is 0 Å². The van der Waals surface area contributed by atoms with E-state index in [9.17, 15) is 0 Å². The first-order valence-electron chi connectivity index (χ1n) is 2.96. The van der Waals surface area contributed by atoms with Crippen LogP contribution in [0.3, 0.4) is 0 Å². The predicted octanol–water partition coefficient (Wildman–Crippen LogP) is 1.03. The van der Waals surface area contributed by atoms with Crippen LogP contribution < -0.4 is 0 Å². The molecule has 0 bridgehead atoms. The van der Waals surface area contributed by atoms with E-state index in [1.54, 1.807) is 30.2 Å². The van der Waals surface area contributed by atoms with Gasteiger partial charge in [0.15, 0.2) is 5.82 Å². The number of aliphatic imine (C=N–C) groups is 1. The van der Waals surface area contributed by atoms with Gasteiger partial charge in [0, 0.05) is 25.6 Å². The van der Waals surface area contributed by atoms with Crippen LogP contribution in [-0.4, -0.2) is 22.8 Å². The number of rotatable bonds is 2. The Balaban J connectivity index is 3.00. The molecule has 1 aromatic heterocycles. The Morgan fingerprint density at radius 3 is 3.20 bits per heavy atom. The number of imidazole rings is 1. The highest BCUT2D eigenvalue weighted by atomic mass is 15.0. The Kier molecular flexibility index (Phi) is 1.99. The number of hydrogen-bond acceptors (Lipinski definition) is 2. The molecule has 0 amide bonds. The molecule has 52 valence electrons. The number of hydrogen-bond donors (Lipinski definition) is 0. The summed E-state index contributed by atoms with van der Waals surface area (Å²) in [6, 6.07) is 0. The van der Waals surface area contributed by atoms with Gasteiger partial charge in [0.2, 0.25) is 0 Å². The van der Waals surface area contributed by atoms with Crippen LogP contribution in [0.5, 0.6) is 0 Å². The van der Waals surface area contributed by atoms with Gasteiger partial charge in [-0.15, -0.1) is 0 Å². The lowest BCUT2D eigenvalue weighted by Crippen LogP contribution is -1.92. The highest BCUT2D eigenvalue weighted by Gasteiger charge is 1.91. The van der Waals surface area contributed by atoms with Crippen molar-refractivity contribution in [2.24, 2.45) is 4.99 Å². The molecule has 0 aliphatic heterocycles. The van der Waals surface area contributed by atoms with Crippen LogP contribution in [0.2, 0.25) is 0 Å². The summed E-state index contributed by atoms with van der Waals surface area (Å²) in [5, 5.41) is 0. The van der Waals surface area contributed by atoms with E-state index in [2.05, 4.69) is 16.6 Å². The van der Waals surface area contributed by atoms with Crippen molar-refractivity contribution in [1.29, 1.82) is 0 Å². The third-order valence-electron chi connectivity index (χ3n) is 1.14. The van der Waals surface area contributed by atoms with Crippen LogP contribution in [0.4, 0.5) is 0 Å². The molecule has 3 heteroatoms. The summed E-state index contributed by atoms with van der Waals surface area (Å²) in [4.78, 5) is 7.85. The van der Waals surface area contributed by atoms with Crippen LogP contribution in [0.1, 0.15) is 5.82 Å². The van der Waals surface area contributed by atoms with E-state index in [0.717, 1.165) is 5.82 Å². The second-order valence-corrected chi connectivity index (χ2v) is 1.76. The van der Waals surface area contributed by atoms with E-state index in [1.807, 2.05) is 6.20 Å². The molecular formula is C7H9N3. The molecule has 1 rings (SSSR count). The second-order valence-electron chi connectivity index (χ2n) is 1.76. The van der Waals surface area contributed by atoms with E-state index in [1.165, 1.54) is 0 Å². The molecule has 10 heavy (non-hydrogen) atoms. The smallest absolute Gasteiger partial charge is 0.154 e. The minimum absolute atomic E-state index is 0.803. The fourth-order valence-electron chi connectivity index (χ4n) is 0.694. The zero-order valence-corrected chi connectivity index (χ0v) is 5.86. The van der Waals surface area contributed by atoms with Gasteiger partial charge in [-0.05, 0) is 0 Å². The molecule has 0 N–H and O–H groups in total. The summed E-state index contributed by atoms with van der Waals surface area (Å²) in [5.41, 5.74) is 0. The average Bonchev–Trinajstić information content (AvgIpc) is 2.36. The molecule has 0 unspecified atom stereocenters. The largest absolute Gasteiger partial charge is 0.306 e. The molecule has 0 saturated heterocycles. The monoisotopic (exact) mass is 135 g/mol. The molecule has 0 fully saturated rings. The highest BCUT2D eigenvalue weighted by Crippen LogP contribution is 1.92. The van der Waals surface area contributed by atoms with Crippen molar-refractivity contribution >= 4 is 12.4 Å². The topological polar surface area (TPSA) is 30.2 Å². The maximum absolute atomic E-state index is 4.02. The lowest BCUT2D eigenvalue weighted by atomic mass is 10.6. The van der Waals surface area contributed by atoms with Crippen molar-refractivity contribution < 1.29 is 0 Å². The Bertz CT molecular complexity index is 247. The van der Waals surface area contributed by atoms with E-state index < -0.39 is 0 Å². The summed E-state index contributed by atoms with van der Waals surface area (Å²) in [6.45, 7) is 3.61. The molecule has 3 nitrogen and oxygen atoms in total. The highest BCUT2D eigenvalue weighted by molar-refractivity contribution is 5.75. The molecule has 0 aromatic carbocycles. The van der Waals surface area contributed by atoms with Crippen molar-refractivity contribution in [3.8, 4) is 0 Å². The third-order valence-corrected chi connectivity index (χ3v) is 1.14. The number of nitrogens with zero attached hydrogens (tertiary/aromatic N) is 3. The van der Waals surface area contributed by atoms with Gasteiger partial charge < -0.3 is 4.57 Å². The fraction of sp³-hybridized carbons (Fsp3) is 0.143. The van der Waals surface area contributed by atoms with Crippen molar-refractivity contribution in [2.75, 3.05) is 7.05 Å². The van der Waals surface area contributed by atoms with Crippen molar-refractivity contribution in [3.05, 3.63) is 24.8 Å². The normalized spacial score (nSPS) is 10.5. The average molecular weight is 135 g/mol. The molecule has 1 heterocycles. The van der Waals surface area contributed by atoms with E-state index in [4.69, 9.17) is 0 Å². The summed E-state index contributed by atoms with van der Waals surface area (Å²) < 4.78 is 1.80. The summed E-state index contributed by atoms with van der Waals surface area (Å²) in [5.74, 6) is 0.803. The van der Waals surface area contributed by atoms with Gasteiger partial charge in [-0.3, -0.25) is 4.99 Å². The second kappa shape index (κ2) is 2.96. The van der Waals surface area contributed by atoms with Crippen LogP contribution in [-0.2, 0) is 0 Å². The Labute approximate surface area is 59.7 Å². The predicted molar refractivity (Wildman–Crippen MR) is 42.1 cm³/mol. The maximum Gasteiger partial charge on any atom is 0.154 e. The van der Waals surface area contributed by atoms with Crippen LogP contribution in [0.15, 0.2) is 24.0 Å². The van der Waals surface area contributed by atoms with Gasteiger partial charge in [-0.2, -0.15) is 0 Å². The third kappa shape index (κ3) is 1.13. The van der Waals surface area contributed by atoms with Crippen LogP contribution in [0, 0.1) is 0 Å². The first-order valence-corrected chi connectivity index (χ1v) is 2.96. The van der Waals surface area contributed by atoms with Crippen molar-refractivity contribution in [1.82, 2.24) is 9.55 Å². The summed E-state index contributed by atoms with van der Waals surface area (Å²) in [6.07, 6.45) is 6.90. The minimum Gasteiger partial charge on any atom is -0.306 e. The molecule has 0 aliphatic rings. The van der Waals surface area contributed by atoms with E-state index >= 15 is 0 Å². The van der Waals surface area contributed by atoms with E-state index in [-0.39, 0.29) is 0 Å². The van der Waals surface area contributed by atoms with Crippen molar-refractivity contribution in [2.45, 2.75) is 0 Å². The lowest BCUT2D eigenvalue weighted by Gasteiger charge is -1.91. The standard InChI is InChI=1S/C7H9N3/c1-3-10-5-4-9-7(10)6-8-2/h3-6H,1H2,2H3. The maximum atomic E-state index is 4.02. The summed E-state index contributed by atoms with van der Waals surface area (Å²) >= 11 is 0. The van der Waals surface area contributed by atoms with Gasteiger partial charge in [0.1, 0.15) is 0 Å². The zero-order chi connectivity index (χ0) is 7.40. The zero-order valence-electron chi connectivity index (χ0n) is 5.86. The van der Waals surface area contributed by atoms with Gasteiger partial charge in [-0.25, -0.2) is 4.98 Å². The molecule has 0 atom stereocenters. The van der Waals surface area contributed by atoms with E-state index in [0.29, 0.717) is 0 Å². The first kappa shape index (κ1) is 6.74. The Morgan fingerprint density at radius 2 is 2.60 bits per heavy atom. The van der Waals surface area contributed by atoms with Crippen LogP contribution >= 0.6 is 0 Å². The molecule has 0 spiro atoms. The summed E-state index contributed by atoms with van der Waals surface area (Å²) in [7, 11) is 1.71.